The van der Waals surface area contributed by atoms with Gasteiger partial charge in [0.1, 0.15) is 5.75 Å². The first-order chi connectivity index (χ1) is 13.8. The van der Waals surface area contributed by atoms with Gasteiger partial charge in [0.05, 0.1) is 23.4 Å². The summed E-state index contributed by atoms with van der Waals surface area (Å²) in [6, 6.07) is 19.1. The van der Waals surface area contributed by atoms with Crippen LogP contribution in [0.2, 0.25) is 0 Å². The second-order valence-electron chi connectivity index (χ2n) is 6.55. The first-order valence-electron chi connectivity index (χ1n) is 9.43. The van der Waals surface area contributed by atoms with Crippen LogP contribution in [0.3, 0.4) is 0 Å². The number of nitrogens with zero attached hydrogens (tertiary/aromatic N) is 3. The molecule has 0 aliphatic rings. The number of carbonyl (C=O) groups excluding carboxylic acids is 1. The SMILES string of the molecule is CCCCOc1ccc(-c2cc(C(=O)n3cccn3)c3ccccc3n2)cc1. The van der Waals surface area contributed by atoms with Crippen molar-refractivity contribution in [2.24, 2.45) is 0 Å². The molecule has 28 heavy (non-hydrogen) atoms. The minimum absolute atomic E-state index is 0.177. The van der Waals surface area contributed by atoms with Crippen LogP contribution >= 0.6 is 0 Å². The zero-order chi connectivity index (χ0) is 19.3. The Hall–Kier alpha value is -3.47. The van der Waals surface area contributed by atoms with Gasteiger partial charge >= 0.3 is 0 Å². The summed E-state index contributed by atoms with van der Waals surface area (Å²) in [5, 5.41) is 4.89. The summed E-state index contributed by atoms with van der Waals surface area (Å²) in [6.45, 7) is 2.85. The topological polar surface area (TPSA) is 57.0 Å². The monoisotopic (exact) mass is 371 g/mol. The molecule has 0 saturated carbocycles. The molecule has 0 aliphatic heterocycles. The van der Waals surface area contributed by atoms with E-state index < -0.39 is 0 Å². The molecule has 0 N–H and O–H groups in total. The highest BCUT2D eigenvalue weighted by Gasteiger charge is 2.15. The highest BCUT2D eigenvalue weighted by atomic mass is 16.5. The van der Waals surface area contributed by atoms with E-state index in [0.717, 1.165) is 40.8 Å². The van der Waals surface area contributed by atoms with Gasteiger partial charge in [0, 0.05) is 23.3 Å². The fraction of sp³-hybridized carbons (Fsp3) is 0.174. The molecular weight excluding hydrogens is 350 g/mol. The first kappa shape index (κ1) is 17.9. The lowest BCUT2D eigenvalue weighted by molar-refractivity contribution is 0.0946. The fourth-order valence-corrected chi connectivity index (χ4v) is 3.07. The second-order valence-corrected chi connectivity index (χ2v) is 6.55. The van der Waals surface area contributed by atoms with Crippen molar-refractivity contribution in [1.82, 2.24) is 14.8 Å². The molecule has 0 bridgehead atoms. The normalized spacial score (nSPS) is 10.9. The molecule has 0 amide bonds. The van der Waals surface area contributed by atoms with E-state index >= 15 is 0 Å². The van der Waals surface area contributed by atoms with E-state index in [1.165, 1.54) is 4.68 Å². The molecule has 0 saturated heterocycles. The Morgan fingerprint density at radius 1 is 1.07 bits per heavy atom. The molecule has 4 aromatic rings. The van der Waals surface area contributed by atoms with Gasteiger partial charge in [0.15, 0.2) is 0 Å². The van der Waals surface area contributed by atoms with Crippen molar-refractivity contribution in [1.29, 1.82) is 0 Å². The minimum Gasteiger partial charge on any atom is -0.494 e. The van der Waals surface area contributed by atoms with Gasteiger partial charge in [-0.25, -0.2) is 9.67 Å². The number of para-hydroxylation sites is 1. The van der Waals surface area contributed by atoms with Crippen molar-refractivity contribution in [2.45, 2.75) is 19.8 Å². The van der Waals surface area contributed by atoms with Crippen LogP contribution in [-0.2, 0) is 0 Å². The predicted octanol–water partition coefficient (Wildman–Crippen LogP) is 4.97. The number of unbranched alkanes of at least 4 members (excludes halogenated alkanes) is 1. The van der Waals surface area contributed by atoms with Gasteiger partial charge in [-0.15, -0.1) is 0 Å². The van der Waals surface area contributed by atoms with Gasteiger partial charge in [-0.3, -0.25) is 4.79 Å². The third kappa shape index (κ3) is 3.64. The molecule has 140 valence electrons. The lowest BCUT2D eigenvalue weighted by Crippen LogP contribution is -2.13. The van der Waals surface area contributed by atoms with Crippen molar-refractivity contribution in [3.05, 3.63) is 78.6 Å². The Morgan fingerprint density at radius 3 is 2.64 bits per heavy atom. The van der Waals surface area contributed by atoms with Crippen molar-refractivity contribution in [3.63, 3.8) is 0 Å². The zero-order valence-electron chi connectivity index (χ0n) is 15.7. The Balaban J connectivity index is 1.73. The maximum atomic E-state index is 13.0. The lowest BCUT2D eigenvalue weighted by Gasteiger charge is -2.10. The van der Waals surface area contributed by atoms with Crippen molar-refractivity contribution in [2.75, 3.05) is 6.61 Å². The number of rotatable bonds is 6. The number of fused-ring (bicyclic) bond motifs is 1. The predicted molar refractivity (Wildman–Crippen MR) is 110 cm³/mol. The standard InChI is InChI=1S/C23H21N3O2/c1-2-3-15-28-18-11-9-17(10-12-18)22-16-20(23(27)26-14-6-13-24-26)19-7-4-5-8-21(19)25-22/h4-14,16H,2-3,15H2,1H3. The largest absolute Gasteiger partial charge is 0.494 e. The molecule has 0 aliphatic carbocycles. The van der Waals surface area contributed by atoms with Crippen LogP contribution in [0.4, 0.5) is 0 Å². The second kappa shape index (κ2) is 8.05. The summed E-state index contributed by atoms with van der Waals surface area (Å²) in [5.41, 5.74) is 3.03. The van der Waals surface area contributed by atoms with Crippen LogP contribution in [0.1, 0.15) is 30.1 Å². The maximum absolute atomic E-state index is 13.0. The molecule has 5 heteroatoms. The summed E-state index contributed by atoms with van der Waals surface area (Å²) in [6.07, 6.45) is 5.39. The van der Waals surface area contributed by atoms with E-state index in [9.17, 15) is 4.79 Å². The molecule has 2 aromatic carbocycles. The fourth-order valence-electron chi connectivity index (χ4n) is 3.07. The Bertz CT molecular complexity index is 1090. The molecule has 0 atom stereocenters. The first-order valence-corrected chi connectivity index (χ1v) is 9.43. The van der Waals surface area contributed by atoms with Crippen LogP contribution < -0.4 is 4.74 Å². The highest BCUT2D eigenvalue weighted by molar-refractivity contribution is 6.07. The molecule has 4 rings (SSSR count). The summed E-state index contributed by atoms with van der Waals surface area (Å²) >= 11 is 0. The molecule has 0 unspecified atom stereocenters. The van der Waals surface area contributed by atoms with Gasteiger partial charge in [0.2, 0.25) is 0 Å². The van der Waals surface area contributed by atoms with E-state index in [4.69, 9.17) is 9.72 Å². The number of carbonyl (C=O) groups is 1. The highest BCUT2D eigenvalue weighted by Crippen LogP contribution is 2.27. The number of benzene rings is 2. The van der Waals surface area contributed by atoms with E-state index in [-0.39, 0.29) is 5.91 Å². The molecule has 0 radical (unpaired) electrons. The maximum Gasteiger partial charge on any atom is 0.278 e. The van der Waals surface area contributed by atoms with Crippen LogP contribution in [0.25, 0.3) is 22.2 Å². The van der Waals surface area contributed by atoms with Crippen molar-refractivity contribution < 1.29 is 9.53 Å². The third-order valence-electron chi connectivity index (χ3n) is 4.58. The van der Waals surface area contributed by atoms with Crippen molar-refractivity contribution in [3.8, 4) is 17.0 Å². The van der Waals surface area contributed by atoms with Gasteiger partial charge < -0.3 is 4.74 Å². The lowest BCUT2D eigenvalue weighted by atomic mass is 10.0. The summed E-state index contributed by atoms with van der Waals surface area (Å²) in [7, 11) is 0. The number of hydrogen-bond donors (Lipinski definition) is 0. The summed E-state index contributed by atoms with van der Waals surface area (Å²) < 4.78 is 7.08. The van der Waals surface area contributed by atoms with Gasteiger partial charge in [-0.05, 0) is 48.9 Å². The van der Waals surface area contributed by atoms with Gasteiger partial charge in [-0.2, -0.15) is 5.10 Å². The molecule has 5 nitrogen and oxygen atoms in total. The smallest absolute Gasteiger partial charge is 0.278 e. The van der Waals surface area contributed by atoms with Crippen LogP contribution in [-0.4, -0.2) is 27.3 Å². The number of aromatic nitrogens is 3. The number of ether oxygens (including phenoxy) is 1. The Labute approximate surface area is 163 Å². The van der Waals surface area contributed by atoms with E-state index in [1.54, 1.807) is 18.5 Å². The molecule has 0 fully saturated rings. The Morgan fingerprint density at radius 2 is 1.89 bits per heavy atom. The molecule has 2 heterocycles. The summed E-state index contributed by atoms with van der Waals surface area (Å²) in [5.74, 6) is 0.662. The molecular formula is C23H21N3O2. The third-order valence-corrected chi connectivity index (χ3v) is 4.58. The average molecular weight is 371 g/mol. The minimum atomic E-state index is -0.177. The number of hydrogen-bond acceptors (Lipinski definition) is 4. The zero-order valence-corrected chi connectivity index (χ0v) is 15.7. The quantitative estimate of drug-likeness (QED) is 0.449. The molecule has 0 spiro atoms. The van der Waals surface area contributed by atoms with Crippen LogP contribution in [0.5, 0.6) is 5.75 Å². The van der Waals surface area contributed by atoms with Crippen molar-refractivity contribution >= 4 is 16.8 Å². The van der Waals surface area contributed by atoms with Gasteiger partial charge in [0.25, 0.3) is 5.91 Å². The van der Waals surface area contributed by atoms with E-state index in [2.05, 4.69) is 12.0 Å². The van der Waals surface area contributed by atoms with E-state index in [1.807, 2.05) is 54.6 Å². The Kier molecular flexibility index (Phi) is 5.15. The average Bonchev–Trinajstić information content (AvgIpc) is 3.28. The summed E-state index contributed by atoms with van der Waals surface area (Å²) in [4.78, 5) is 17.7. The van der Waals surface area contributed by atoms with Crippen LogP contribution in [0.15, 0.2) is 73.1 Å². The van der Waals surface area contributed by atoms with Crippen LogP contribution in [0, 0.1) is 0 Å². The number of pyridine rings is 1. The molecule has 2 aromatic heterocycles. The van der Waals surface area contributed by atoms with E-state index in [0.29, 0.717) is 12.2 Å². The van der Waals surface area contributed by atoms with Gasteiger partial charge in [-0.1, -0.05) is 31.5 Å².